The molecule has 0 fully saturated rings. The van der Waals surface area contributed by atoms with Crippen LogP contribution in [-0.2, 0) is 20.8 Å². The number of carbonyl (C=O) groups excluding carboxylic acids is 2. The number of nitrogens with one attached hydrogen (secondary N) is 2. The Labute approximate surface area is 223 Å². The molecule has 0 aliphatic rings. The molecule has 10 nitrogen and oxygen atoms in total. The third-order valence-corrected chi connectivity index (χ3v) is 6.85. The van der Waals surface area contributed by atoms with E-state index in [2.05, 4.69) is 10.6 Å². The van der Waals surface area contributed by atoms with Crippen LogP contribution in [0.5, 0.6) is 5.75 Å². The van der Waals surface area contributed by atoms with Crippen LogP contribution >= 0.6 is 0 Å². The monoisotopic (exact) mass is 534 g/mol. The van der Waals surface area contributed by atoms with Crippen molar-refractivity contribution in [1.82, 2.24) is 10.6 Å². The maximum absolute atomic E-state index is 12.9. The Hall–Kier alpha value is -4.60. The van der Waals surface area contributed by atoms with Crippen molar-refractivity contribution in [3.8, 4) is 5.75 Å². The number of phenolic OH excluding ortho intramolecular Hbond substituents is 1. The van der Waals surface area contributed by atoms with Crippen LogP contribution in [0.2, 0.25) is 0 Å². The lowest BCUT2D eigenvalue weighted by atomic mass is 10.00. The van der Waals surface area contributed by atoms with Gasteiger partial charge in [-0.1, -0.05) is 12.1 Å². The van der Waals surface area contributed by atoms with Gasteiger partial charge in [0.1, 0.15) is 28.7 Å². The smallest absolute Gasteiger partial charge is 0.339 e. The fourth-order valence-electron chi connectivity index (χ4n) is 4.51. The first-order valence-electron chi connectivity index (χ1n) is 12.6. The highest BCUT2D eigenvalue weighted by Crippen LogP contribution is 2.31. The Morgan fingerprint density at radius 1 is 0.923 bits per heavy atom. The van der Waals surface area contributed by atoms with Crippen LogP contribution in [0.3, 0.4) is 0 Å². The molecule has 0 bridgehead atoms. The van der Waals surface area contributed by atoms with Gasteiger partial charge in [0.2, 0.25) is 11.8 Å². The molecular formula is C29H30N2O8. The van der Waals surface area contributed by atoms with Gasteiger partial charge in [0.15, 0.2) is 0 Å². The Balaban J connectivity index is 1.51. The number of phenols is 1. The van der Waals surface area contributed by atoms with Crippen molar-refractivity contribution in [1.29, 1.82) is 0 Å². The predicted octanol–water partition coefficient (Wildman–Crippen LogP) is 3.94. The van der Waals surface area contributed by atoms with Crippen molar-refractivity contribution in [3.63, 3.8) is 0 Å². The number of amides is 2. The minimum Gasteiger partial charge on any atom is -0.508 e. The zero-order chi connectivity index (χ0) is 28.3. The van der Waals surface area contributed by atoms with E-state index in [1.807, 2.05) is 26.8 Å². The molecular weight excluding hydrogens is 504 g/mol. The van der Waals surface area contributed by atoms with E-state index in [1.54, 1.807) is 6.07 Å². The SMILES string of the molecule is Cc1oc2cc3oc(=O)c(CCC(=O)N[C@@H](C(=O)NCCCC(=O)O)c4ccc(O)cc4)c(C)c3cc2c1C. The van der Waals surface area contributed by atoms with Crippen molar-refractivity contribution in [2.75, 3.05) is 6.54 Å². The molecule has 2 aromatic carbocycles. The van der Waals surface area contributed by atoms with Crippen LogP contribution in [-0.4, -0.2) is 34.5 Å². The number of carboxylic acids is 1. The molecule has 4 N–H and O–H groups in total. The summed E-state index contributed by atoms with van der Waals surface area (Å²) < 4.78 is 11.3. The van der Waals surface area contributed by atoms with E-state index < -0.39 is 29.5 Å². The van der Waals surface area contributed by atoms with Gasteiger partial charge >= 0.3 is 11.6 Å². The van der Waals surface area contributed by atoms with E-state index in [4.69, 9.17) is 13.9 Å². The Kier molecular flexibility index (Phi) is 8.04. The lowest BCUT2D eigenvalue weighted by Crippen LogP contribution is -2.41. The van der Waals surface area contributed by atoms with Crippen molar-refractivity contribution in [2.24, 2.45) is 0 Å². The molecule has 4 rings (SSSR count). The maximum Gasteiger partial charge on any atom is 0.339 e. The van der Waals surface area contributed by atoms with E-state index in [0.717, 1.165) is 22.1 Å². The lowest BCUT2D eigenvalue weighted by Gasteiger charge is -2.19. The van der Waals surface area contributed by atoms with Gasteiger partial charge in [-0.05, 0) is 68.5 Å². The summed E-state index contributed by atoms with van der Waals surface area (Å²) in [7, 11) is 0. The van der Waals surface area contributed by atoms with Crippen LogP contribution in [0.1, 0.15) is 53.3 Å². The summed E-state index contributed by atoms with van der Waals surface area (Å²) in [4.78, 5) is 49.3. The number of carbonyl (C=O) groups is 3. The molecule has 204 valence electrons. The number of benzene rings is 2. The first-order valence-corrected chi connectivity index (χ1v) is 12.6. The normalized spacial score (nSPS) is 12.0. The minimum absolute atomic E-state index is 0.00208. The molecule has 0 unspecified atom stereocenters. The second kappa shape index (κ2) is 11.4. The average Bonchev–Trinajstić information content (AvgIpc) is 3.16. The van der Waals surface area contributed by atoms with Gasteiger partial charge in [0, 0.05) is 41.8 Å². The number of aliphatic carboxylic acids is 1. The molecule has 2 heterocycles. The fraction of sp³-hybridized carbons (Fsp3) is 0.310. The topological polar surface area (TPSA) is 159 Å². The molecule has 0 spiro atoms. The minimum atomic E-state index is -1.07. The van der Waals surface area contributed by atoms with Crippen molar-refractivity contribution < 1.29 is 33.4 Å². The van der Waals surface area contributed by atoms with E-state index in [9.17, 15) is 24.3 Å². The van der Waals surface area contributed by atoms with Crippen LogP contribution in [0.4, 0.5) is 0 Å². The number of fused-ring (bicyclic) bond motifs is 2. The molecule has 0 aliphatic carbocycles. The number of hydrogen-bond donors (Lipinski definition) is 4. The molecule has 1 atom stereocenters. The maximum atomic E-state index is 12.9. The molecule has 2 amide bonds. The third kappa shape index (κ3) is 6.11. The lowest BCUT2D eigenvalue weighted by molar-refractivity contribution is -0.137. The largest absolute Gasteiger partial charge is 0.508 e. The summed E-state index contributed by atoms with van der Waals surface area (Å²) in [5.41, 5.74) is 3.01. The first kappa shape index (κ1) is 27.4. The highest BCUT2D eigenvalue weighted by Gasteiger charge is 2.23. The number of hydrogen-bond acceptors (Lipinski definition) is 7. The van der Waals surface area contributed by atoms with Gasteiger partial charge < -0.3 is 29.7 Å². The summed E-state index contributed by atoms with van der Waals surface area (Å²) in [5.74, 6) is -1.17. The number of rotatable bonds is 10. The van der Waals surface area contributed by atoms with Crippen LogP contribution in [0.15, 0.2) is 50.0 Å². The van der Waals surface area contributed by atoms with E-state index in [0.29, 0.717) is 27.9 Å². The van der Waals surface area contributed by atoms with Crippen LogP contribution in [0.25, 0.3) is 21.9 Å². The van der Waals surface area contributed by atoms with Crippen molar-refractivity contribution in [2.45, 2.75) is 52.5 Å². The second-order valence-corrected chi connectivity index (χ2v) is 9.50. The van der Waals surface area contributed by atoms with Crippen LogP contribution < -0.4 is 16.3 Å². The number of furan rings is 1. The zero-order valence-corrected chi connectivity index (χ0v) is 21.9. The number of aromatic hydroxyl groups is 1. The van der Waals surface area contributed by atoms with Gasteiger partial charge in [-0.2, -0.15) is 0 Å². The zero-order valence-electron chi connectivity index (χ0n) is 21.9. The molecule has 10 heteroatoms. The summed E-state index contributed by atoms with van der Waals surface area (Å²) in [6.45, 7) is 5.76. The quantitative estimate of drug-likeness (QED) is 0.176. The molecule has 0 saturated carbocycles. The Morgan fingerprint density at radius 2 is 1.59 bits per heavy atom. The molecule has 0 saturated heterocycles. The standard InChI is InChI=1S/C29H30N2O8/c1-15-17(3)38-23-14-24-22(13-21(15)23)16(2)20(29(37)39-24)10-11-25(33)31-27(18-6-8-19(32)9-7-18)28(36)30-12-4-5-26(34)35/h6-9,13-14,27,32H,4-5,10-12H2,1-3H3,(H,30,36)(H,31,33)(H,34,35)/t27-/m1/s1. The molecule has 0 radical (unpaired) electrons. The van der Waals surface area contributed by atoms with Gasteiger partial charge in [-0.3, -0.25) is 14.4 Å². The highest BCUT2D eigenvalue weighted by atomic mass is 16.4. The van der Waals surface area contributed by atoms with Crippen molar-refractivity contribution in [3.05, 3.63) is 74.8 Å². The van der Waals surface area contributed by atoms with E-state index in [-0.39, 0.29) is 38.0 Å². The van der Waals surface area contributed by atoms with Gasteiger partial charge in [-0.15, -0.1) is 0 Å². The summed E-state index contributed by atoms with van der Waals surface area (Å²) in [6, 6.07) is 8.38. The summed E-state index contributed by atoms with van der Waals surface area (Å²) in [5, 5.41) is 25.4. The Morgan fingerprint density at radius 3 is 2.28 bits per heavy atom. The third-order valence-electron chi connectivity index (χ3n) is 6.85. The fourth-order valence-corrected chi connectivity index (χ4v) is 4.51. The van der Waals surface area contributed by atoms with Crippen molar-refractivity contribution >= 4 is 39.7 Å². The molecule has 2 aromatic heterocycles. The average molecular weight is 535 g/mol. The number of aryl methyl sites for hydroxylation is 3. The molecule has 39 heavy (non-hydrogen) atoms. The molecule has 4 aromatic rings. The van der Waals surface area contributed by atoms with E-state index in [1.165, 1.54) is 24.3 Å². The van der Waals surface area contributed by atoms with Crippen LogP contribution in [0, 0.1) is 20.8 Å². The molecule has 0 aliphatic heterocycles. The highest BCUT2D eigenvalue weighted by molar-refractivity contribution is 5.97. The Bertz CT molecular complexity index is 1610. The predicted molar refractivity (Wildman–Crippen MR) is 144 cm³/mol. The van der Waals surface area contributed by atoms with Gasteiger partial charge in [0.25, 0.3) is 0 Å². The summed E-state index contributed by atoms with van der Waals surface area (Å²) >= 11 is 0. The second-order valence-electron chi connectivity index (χ2n) is 9.50. The number of carboxylic acid groups (broad SMARTS) is 1. The first-order chi connectivity index (χ1) is 18.5. The van der Waals surface area contributed by atoms with Gasteiger partial charge in [-0.25, -0.2) is 4.79 Å². The summed E-state index contributed by atoms with van der Waals surface area (Å²) in [6.07, 6.45) is 0.151. The van der Waals surface area contributed by atoms with E-state index >= 15 is 0 Å². The van der Waals surface area contributed by atoms with Gasteiger partial charge in [0.05, 0.1) is 0 Å².